The molecule has 1 aromatic carbocycles. The van der Waals surface area contributed by atoms with Crippen molar-refractivity contribution in [3.05, 3.63) is 23.8 Å². The van der Waals surface area contributed by atoms with Crippen LogP contribution in [0.25, 0.3) is 0 Å². The van der Waals surface area contributed by atoms with Crippen molar-refractivity contribution in [3.8, 4) is 6.07 Å². The Kier molecular flexibility index (Phi) is 3.10. The number of benzene rings is 1. The molecule has 0 aromatic heterocycles. The van der Waals surface area contributed by atoms with Crippen molar-refractivity contribution in [1.29, 1.82) is 5.26 Å². The Morgan fingerprint density at radius 1 is 1.42 bits per heavy atom. The Morgan fingerprint density at radius 3 is 3.05 bits per heavy atom. The number of piperidine rings is 1. The van der Waals surface area contributed by atoms with Crippen LogP contribution in [0.4, 0.5) is 11.4 Å². The first kappa shape index (κ1) is 12.0. The molecular weight excluding hydrogens is 240 g/mol. The van der Waals surface area contributed by atoms with Gasteiger partial charge in [-0.25, -0.2) is 0 Å². The molecule has 3 rings (SSSR count). The molecular formula is C14H16N4O. The van der Waals surface area contributed by atoms with E-state index >= 15 is 0 Å². The minimum absolute atomic E-state index is 0.00633. The third kappa shape index (κ3) is 2.27. The zero-order chi connectivity index (χ0) is 13.2. The molecule has 5 nitrogen and oxygen atoms in total. The minimum Gasteiger partial charge on any atom is -0.356 e. The van der Waals surface area contributed by atoms with Crippen molar-refractivity contribution in [1.82, 2.24) is 5.32 Å². The van der Waals surface area contributed by atoms with Crippen LogP contribution in [0, 0.1) is 11.3 Å². The first-order chi connectivity index (χ1) is 9.28. The van der Waals surface area contributed by atoms with Gasteiger partial charge in [-0.2, -0.15) is 5.26 Å². The lowest BCUT2D eigenvalue weighted by Gasteiger charge is -2.39. The van der Waals surface area contributed by atoms with E-state index in [0.717, 1.165) is 37.3 Å². The fourth-order valence-electron chi connectivity index (χ4n) is 2.81. The number of nitrogens with one attached hydrogen (secondary N) is 2. The molecule has 0 bridgehead atoms. The van der Waals surface area contributed by atoms with Crippen LogP contribution < -0.4 is 15.5 Å². The lowest BCUT2D eigenvalue weighted by atomic mass is 10.0. The van der Waals surface area contributed by atoms with Crippen molar-refractivity contribution in [3.63, 3.8) is 0 Å². The van der Waals surface area contributed by atoms with Crippen LogP contribution in [0.15, 0.2) is 18.2 Å². The number of amides is 1. The molecule has 1 amide bonds. The van der Waals surface area contributed by atoms with Crippen LogP contribution in [-0.2, 0) is 4.79 Å². The van der Waals surface area contributed by atoms with Crippen LogP contribution in [-0.4, -0.2) is 31.6 Å². The molecule has 2 heterocycles. The second-order valence-corrected chi connectivity index (χ2v) is 5.02. The van der Waals surface area contributed by atoms with Gasteiger partial charge < -0.3 is 15.5 Å². The number of hydrogen-bond acceptors (Lipinski definition) is 4. The maximum absolute atomic E-state index is 11.8. The summed E-state index contributed by atoms with van der Waals surface area (Å²) in [5.74, 6) is -0.00633. The molecule has 1 unspecified atom stereocenters. The van der Waals surface area contributed by atoms with Crippen LogP contribution in [0.2, 0.25) is 0 Å². The van der Waals surface area contributed by atoms with Crippen LogP contribution in [0.5, 0.6) is 0 Å². The number of anilines is 2. The highest BCUT2D eigenvalue weighted by molar-refractivity contribution is 6.01. The standard InChI is InChI=1S/C14H16N4O/c15-7-10-3-4-13-12(6-10)17-14(19)9-18(13)11-2-1-5-16-8-11/h3-4,6,11,16H,1-2,5,8-9H2,(H,17,19). The number of hydrogen-bond donors (Lipinski definition) is 2. The molecule has 1 saturated heterocycles. The largest absolute Gasteiger partial charge is 0.356 e. The van der Waals surface area contributed by atoms with E-state index in [-0.39, 0.29) is 5.91 Å². The number of nitriles is 1. The van der Waals surface area contributed by atoms with Gasteiger partial charge in [-0.3, -0.25) is 4.79 Å². The van der Waals surface area contributed by atoms with Crippen molar-refractivity contribution in [2.45, 2.75) is 18.9 Å². The third-order valence-corrected chi connectivity index (χ3v) is 3.73. The highest BCUT2D eigenvalue weighted by atomic mass is 16.2. The van der Waals surface area contributed by atoms with Gasteiger partial charge in [-0.05, 0) is 37.6 Å². The molecule has 19 heavy (non-hydrogen) atoms. The molecule has 0 saturated carbocycles. The molecule has 5 heteroatoms. The maximum atomic E-state index is 11.8. The number of fused-ring (bicyclic) bond motifs is 1. The second kappa shape index (κ2) is 4.90. The fraction of sp³-hybridized carbons (Fsp3) is 0.429. The molecule has 2 aliphatic rings. The zero-order valence-corrected chi connectivity index (χ0v) is 10.6. The second-order valence-electron chi connectivity index (χ2n) is 5.02. The third-order valence-electron chi connectivity index (χ3n) is 3.73. The number of carbonyl (C=O) groups excluding carboxylic acids is 1. The Labute approximate surface area is 112 Å². The van der Waals surface area contributed by atoms with Gasteiger partial charge >= 0.3 is 0 Å². The lowest BCUT2D eigenvalue weighted by Crippen LogP contribution is -2.51. The van der Waals surface area contributed by atoms with E-state index in [4.69, 9.17) is 5.26 Å². The summed E-state index contributed by atoms with van der Waals surface area (Å²) in [5.41, 5.74) is 2.34. The summed E-state index contributed by atoms with van der Waals surface area (Å²) >= 11 is 0. The smallest absolute Gasteiger partial charge is 0.243 e. The summed E-state index contributed by atoms with van der Waals surface area (Å²) in [6, 6.07) is 7.94. The highest BCUT2D eigenvalue weighted by Crippen LogP contribution is 2.32. The molecule has 2 aliphatic heterocycles. The summed E-state index contributed by atoms with van der Waals surface area (Å²) in [6.07, 6.45) is 2.23. The van der Waals surface area contributed by atoms with Crippen molar-refractivity contribution >= 4 is 17.3 Å². The summed E-state index contributed by atoms with van der Waals surface area (Å²) < 4.78 is 0. The average molecular weight is 256 g/mol. The molecule has 1 atom stereocenters. The Bertz CT molecular complexity index is 543. The molecule has 0 aliphatic carbocycles. The maximum Gasteiger partial charge on any atom is 0.243 e. The van der Waals surface area contributed by atoms with E-state index < -0.39 is 0 Å². The van der Waals surface area contributed by atoms with Gasteiger partial charge in [0.25, 0.3) is 0 Å². The van der Waals surface area contributed by atoms with Crippen molar-refractivity contribution in [2.24, 2.45) is 0 Å². The van der Waals surface area contributed by atoms with Gasteiger partial charge in [0.05, 0.1) is 29.6 Å². The SMILES string of the molecule is N#Cc1ccc2c(c1)NC(=O)CN2C1CCCNC1. The lowest BCUT2D eigenvalue weighted by molar-refractivity contribution is -0.115. The minimum atomic E-state index is -0.00633. The van der Waals surface area contributed by atoms with E-state index in [1.807, 2.05) is 6.07 Å². The highest BCUT2D eigenvalue weighted by Gasteiger charge is 2.28. The van der Waals surface area contributed by atoms with Gasteiger partial charge in [-0.1, -0.05) is 0 Å². The van der Waals surface area contributed by atoms with Gasteiger partial charge in [0, 0.05) is 12.6 Å². The number of rotatable bonds is 1. The van der Waals surface area contributed by atoms with Gasteiger partial charge in [0.1, 0.15) is 0 Å². The van der Waals surface area contributed by atoms with E-state index in [1.165, 1.54) is 0 Å². The summed E-state index contributed by atoms with van der Waals surface area (Å²) in [6.45, 7) is 2.36. The predicted molar refractivity (Wildman–Crippen MR) is 73.0 cm³/mol. The van der Waals surface area contributed by atoms with E-state index in [2.05, 4.69) is 21.6 Å². The van der Waals surface area contributed by atoms with E-state index in [1.54, 1.807) is 12.1 Å². The Morgan fingerprint density at radius 2 is 2.32 bits per heavy atom. The molecule has 1 aromatic rings. The quantitative estimate of drug-likeness (QED) is 0.788. The summed E-state index contributed by atoms with van der Waals surface area (Å²) in [7, 11) is 0. The van der Waals surface area contributed by atoms with Gasteiger partial charge in [-0.15, -0.1) is 0 Å². The number of nitrogens with zero attached hydrogens (tertiary/aromatic N) is 2. The predicted octanol–water partition coefficient (Wildman–Crippen LogP) is 1.07. The van der Waals surface area contributed by atoms with Crippen LogP contribution >= 0.6 is 0 Å². The average Bonchev–Trinajstić information content (AvgIpc) is 2.46. The Balaban J connectivity index is 1.95. The Hall–Kier alpha value is -2.06. The van der Waals surface area contributed by atoms with Crippen molar-refractivity contribution in [2.75, 3.05) is 29.9 Å². The van der Waals surface area contributed by atoms with Gasteiger partial charge in [0.15, 0.2) is 0 Å². The fourth-order valence-corrected chi connectivity index (χ4v) is 2.81. The molecule has 2 N–H and O–H groups in total. The molecule has 98 valence electrons. The zero-order valence-electron chi connectivity index (χ0n) is 10.6. The summed E-state index contributed by atoms with van der Waals surface area (Å²) in [4.78, 5) is 14.0. The summed E-state index contributed by atoms with van der Waals surface area (Å²) in [5, 5.41) is 15.2. The first-order valence-electron chi connectivity index (χ1n) is 6.59. The molecule has 0 spiro atoms. The monoisotopic (exact) mass is 256 g/mol. The van der Waals surface area contributed by atoms with E-state index in [9.17, 15) is 4.79 Å². The van der Waals surface area contributed by atoms with E-state index in [0.29, 0.717) is 18.2 Å². The molecule has 0 radical (unpaired) electrons. The number of carbonyl (C=O) groups is 1. The van der Waals surface area contributed by atoms with Crippen molar-refractivity contribution < 1.29 is 4.79 Å². The first-order valence-corrected chi connectivity index (χ1v) is 6.59. The van der Waals surface area contributed by atoms with Crippen LogP contribution in [0.3, 0.4) is 0 Å². The van der Waals surface area contributed by atoms with Gasteiger partial charge in [0.2, 0.25) is 5.91 Å². The van der Waals surface area contributed by atoms with Crippen LogP contribution in [0.1, 0.15) is 18.4 Å². The normalized spacial score (nSPS) is 22.4. The topological polar surface area (TPSA) is 68.2 Å². The molecule has 1 fully saturated rings.